The maximum atomic E-state index is 12.1. The smallest absolute Gasteiger partial charge is 0.407 e. The minimum Gasteiger partial charge on any atom is -0.459 e. The topological polar surface area (TPSA) is 64.6 Å². The highest BCUT2D eigenvalue weighted by Gasteiger charge is 2.25. The molecule has 0 fully saturated rings. The second kappa shape index (κ2) is 7.89. The number of benzene rings is 1. The minimum absolute atomic E-state index is 0.0470. The van der Waals surface area contributed by atoms with Crippen molar-refractivity contribution in [2.45, 2.75) is 26.5 Å². The van der Waals surface area contributed by atoms with Gasteiger partial charge in [-0.25, -0.2) is 9.59 Å². The first-order chi connectivity index (χ1) is 10.6. The van der Waals surface area contributed by atoms with Gasteiger partial charge in [0.2, 0.25) is 0 Å². The molecule has 1 amide bonds. The monoisotopic (exact) mass is 346 g/mol. The number of nitrogens with one attached hydrogen (secondary N) is 1. The second-order valence-electron chi connectivity index (χ2n) is 4.49. The molecule has 0 aromatic heterocycles. The molecule has 0 saturated heterocycles. The molecule has 0 aliphatic heterocycles. The maximum absolute atomic E-state index is 12.1. The van der Waals surface area contributed by atoms with Crippen molar-refractivity contribution in [1.29, 1.82) is 0 Å². The van der Waals surface area contributed by atoms with Crippen molar-refractivity contribution in [2.75, 3.05) is 7.04 Å². The van der Waals surface area contributed by atoms with Gasteiger partial charge < -0.3 is 14.8 Å². The van der Waals surface area contributed by atoms with E-state index in [0.717, 1.165) is 10.0 Å². The van der Waals surface area contributed by atoms with E-state index in [1.165, 1.54) is 0 Å². The van der Waals surface area contributed by atoms with E-state index in [0.29, 0.717) is 0 Å². The van der Waals surface area contributed by atoms with Gasteiger partial charge in [0, 0.05) is 4.47 Å². The van der Waals surface area contributed by atoms with E-state index in [1.54, 1.807) is 26.0 Å². The van der Waals surface area contributed by atoms with E-state index in [2.05, 4.69) is 26.0 Å². The first-order valence-electron chi connectivity index (χ1n) is 7.49. The van der Waals surface area contributed by atoms with Crippen LogP contribution in [0.2, 0.25) is 0 Å². The van der Waals surface area contributed by atoms with Crippen molar-refractivity contribution in [2.24, 2.45) is 5.92 Å². The molecule has 0 saturated carbocycles. The zero-order valence-corrected chi connectivity index (χ0v) is 12.8. The highest BCUT2D eigenvalue weighted by molar-refractivity contribution is 9.10. The molecule has 20 heavy (non-hydrogen) atoms. The zero-order chi connectivity index (χ0) is 17.6. The average Bonchev–Trinajstić information content (AvgIpc) is 2.41. The van der Waals surface area contributed by atoms with E-state index < -0.39 is 25.1 Å². The van der Waals surface area contributed by atoms with Crippen LogP contribution in [0.25, 0.3) is 0 Å². The van der Waals surface area contributed by atoms with E-state index in [9.17, 15) is 9.59 Å². The van der Waals surface area contributed by atoms with Gasteiger partial charge in [0.1, 0.15) is 12.6 Å². The fourth-order valence-corrected chi connectivity index (χ4v) is 1.74. The summed E-state index contributed by atoms with van der Waals surface area (Å²) in [5.41, 5.74) is 0.786. The summed E-state index contributed by atoms with van der Waals surface area (Å²) in [4.78, 5) is 23.6. The van der Waals surface area contributed by atoms with Crippen LogP contribution in [-0.2, 0) is 20.9 Å². The van der Waals surface area contributed by atoms with Gasteiger partial charge >= 0.3 is 12.1 Å². The number of hydrogen-bond donors (Lipinski definition) is 1. The third-order valence-electron chi connectivity index (χ3n) is 2.58. The van der Waals surface area contributed by atoms with Crippen LogP contribution in [0.5, 0.6) is 0 Å². The van der Waals surface area contributed by atoms with Crippen molar-refractivity contribution in [3.8, 4) is 0 Å². The molecule has 110 valence electrons. The zero-order valence-electron chi connectivity index (χ0n) is 14.2. The molecule has 0 heterocycles. The first kappa shape index (κ1) is 12.2. The Balaban J connectivity index is 2.60. The largest absolute Gasteiger partial charge is 0.459 e. The van der Waals surface area contributed by atoms with Gasteiger partial charge in [0.25, 0.3) is 0 Å². The molecule has 0 radical (unpaired) electrons. The number of ether oxygens (including phenoxy) is 2. The molecule has 1 aromatic carbocycles. The highest BCUT2D eigenvalue weighted by Crippen LogP contribution is 2.12. The summed E-state index contributed by atoms with van der Waals surface area (Å²) in [6.45, 7) is 3.44. The predicted molar refractivity (Wildman–Crippen MR) is 78.1 cm³/mol. The van der Waals surface area contributed by atoms with Crippen LogP contribution in [0.1, 0.15) is 23.5 Å². The number of esters is 1. The Morgan fingerprint density at radius 1 is 1.35 bits per heavy atom. The van der Waals surface area contributed by atoms with Gasteiger partial charge in [-0.15, -0.1) is 0 Å². The van der Waals surface area contributed by atoms with Gasteiger partial charge in [0.05, 0.1) is 11.2 Å². The lowest BCUT2D eigenvalue weighted by Crippen LogP contribution is -2.45. The summed E-state index contributed by atoms with van der Waals surface area (Å²) in [6.07, 6.45) is -1.19. The highest BCUT2D eigenvalue weighted by atomic mass is 79.9. The molecule has 6 heteroatoms. The SMILES string of the molecule is [2H]C([2H])([2H])OC(=O)NC(C(=O)OCc1ccc(Br)cc1)C(C)C. The molecular weight excluding hydrogens is 326 g/mol. The number of alkyl carbamates (subject to hydrolysis) is 1. The van der Waals surface area contributed by atoms with Crippen LogP contribution < -0.4 is 5.32 Å². The first-order valence-corrected chi connectivity index (χ1v) is 6.78. The minimum atomic E-state index is -2.87. The quantitative estimate of drug-likeness (QED) is 0.832. The Morgan fingerprint density at radius 3 is 2.55 bits per heavy atom. The van der Waals surface area contributed by atoms with Crippen molar-refractivity contribution in [3.05, 3.63) is 34.3 Å². The number of amides is 1. The lowest BCUT2D eigenvalue weighted by molar-refractivity contribution is -0.148. The Kier molecular flexibility index (Phi) is 4.81. The van der Waals surface area contributed by atoms with Crippen LogP contribution >= 0.6 is 15.9 Å². The van der Waals surface area contributed by atoms with Crippen LogP contribution in [0.3, 0.4) is 0 Å². The molecule has 0 spiro atoms. The molecule has 0 aliphatic carbocycles. The van der Waals surface area contributed by atoms with Crippen LogP contribution in [0, 0.1) is 5.92 Å². The summed E-state index contributed by atoms with van der Waals surface area (Å²) in [5.74, 6) is -0.957. The summed E-state index contributed by atoms with van der Waals surface area (Å²) in [6, 6.07) is 6.21. The van der Waals surface area contributed by atoms with Crippen molar-refractivity contribution < 1.29 is 23.2 Å². The third-order valence-corrected chi connectivity index (χ3v) is 3.11. The summed E-state index contributed by atoms with van der Waals surface area (Å²) >= 11 is 3.30. The van der Waals surface area contributed by atoms with Crippen LogP contribution in [-0.4, -0.2) is 25.1 Å². The number of hydrogen-bond acceptors (Lipinski definition) is 4. The van der Waals surface area contributed by atoms with Gasteiger partial charge in [-0.1, -0.05) is 41.9 Å². The average molecular weight is 347 g/mol. The van der Waals surface area contributed by atoms with E-state index in [1.807, 2.05) is 12.1 Å². The van der Waals surface area contributed by atoms with E-state index >= 15 is 0 Å². The predicted octanol–water partition coefficient (Wildman–Crippen LogP) is 2.87. The third kappa shape index (κ3) is 5.21. The summed E-state index contributed by atoms with van der Waals surface area (Å²) in [5, 5.41) is 2.21. The standard InChI is InChI=1S/C14H18BrNO4/c1-9(2)12(16-14(18)19-3)13(17)20-8-10-4-6-11(15)7-5-10/h4-7,9,12H,8H2,1-3H3,(H,16,18)/i3D3. The summed E-state index contributed by atoms with van der Waals surface area (Å²) in [7, 11) is -2.87. The lowest BCUT2D eigenvalue weighted by Gasteiger charge is -2.20. The van der Waals surface area contributed by atoms with E-state index in [-0.39, 0.29) is 12.5 Å². The fourth-order valence-electron chi connectivity index (χ4n) is 1.48. The number of carbonyl (C=O) groups excluding carboxylic acids is 2. The molecule has 1 aromatic rings. The van der Waals surface area contributed by atoms with Crippen LogP contribution in [0.4, 0.5) is 4.79 Å². The van der Waals surface area contributed by atoms with Gasteiger partial charge in [-0.2, -0.15) is 0 Å². The van der Waals surface area contributed by atoms with E-state index in [4.69, 9.17) is 8.85 Å². The Bertz CT molecular complexity index is 546. The molecule has 1 atom stereocenters. The number of rotatable bonds is 5. The van der Waals surface area contributed by atoms with Gasteiger partial charge in [0.15, 0.2) is 0 Å². The lowest BCUT2D eigenvalue weighted by atomic mass is 10.1. The normalized spacial score (nSPS) is 14.7. The number of methoxy groups -OCH3 is 1. The van der Waals surface area contributed by atoms with Crippen LogP contribution in [0.15, 0.2) is 28.7 Å². The Hall–Kier alpha value is -1.56. The molecule has 1 unspecified atom stereocenters. The molecule has 1 rings (SSSR count). The van der Waals surface area contributed by atoms with Gasteiger partial charge in [-0.05, 0) is 23.6 Å². The molecular formula is C14H18BrNO4. The fraction of sp³-hybridized carbons (Fsp3) is 0.429. The van der Waals surface area contributed by atoms with Gasteiger partial charge in [-0.3, -0.25) is 0 Å². The molecule has 5 nitrogen and oxygen atoms in total. The number of carbonyl (C=O) groups is 2. The Morgan fingerprint density at radius 2 is 2.00 bits per heavy atom. The molecule has 0 aliphatic rings. The molecule has 0 bridgehead atoms. The van der Waals surface area contributed by atoms with Crippen molar-refractivity contribution in [1.82, 2.24) is 5.32 Å². The summed E-state index contributed by atoms with van der Waals surface area (Å²) < 4.78 is 30.8. The maximum Gasteiger partial charge on any atom is 0.407 e. The second-order valence-corrected chi connectivity index (χ2v) is 5.41. The Labute approximate surface area is 131 Å². The van der Waals surface area contributed by atoms with Crippen molar-refractivity contribution in [3.63, 3.8) is 0 Å². The number of halogens is 1. The van der Waals surface area contributed by atoms with Crippen molar-refractivity contribution >= 4 is 28.0 Å². The molecule has 1 N–H and O–H groups in total.